The van der Waals surface area contributed by atoms with Crippen molar-refractivity contribution in [1.29, 1.82) is 0 Å². The van der Waals surface area contributed by atoms with E-state index in [9.17, 15) is 4.79 Å². The zero-order chi connectivity index (χ0) is 20.5. The molecule has 1 amide bonds. The Morgan fingerprint density at radius 3 is 2.69 bits per heavy atom. The molecule has 4 rings (SSSR count). The number of nitrogens with zero attached hydrogens (tertiary/aromatic N) is 2. The van der Waals surface area contributed by atoms with Crippen LogP contribution < -0.4 is 14.8 Å². The number of carbonyl (C=O) groups is 1. The summed E-state index contributed by atoms with van der Waals surface area (Å²) in [7, 11) is 0. The normalized spacial score (nSPS) is 14.5. The third kappa shape index (κ3) is 3.75. The molecule has 148 valence electrons. The van der Waals surface area contributed by atoms with Gasteiger partial charge in [-0.05, 0) is 51.1 Å². The van der Waals surface area contributed by atoms with Crippen molar-refractivity contribution >= 4 is 46.0 Å². The van der Waals surface area contributed by atoms with Gasteiger partial charge in [0.05, 0.1) is 10.7 Å². The molecule has 0 saturated carbocycles. The molecule has 1 aromatic heterocycles. The van der Waals surface area contributed by atoms with E-state index in [-0.39, 0.29) is 5.91 Å². The minimum atomic E-state index is -0.0496. The molecule has 3 aromatic rings. The van der Waals surface area contributed by atoms with Crippen LogP contribution in [-0.4, -0.2) is 12.5 Å². The molecule has 0 unspecified atom stereocenters. The first-order valence-corrected chi connectivity index (χ1v) is 10.8. The summed E-state index contributed by atoms with van der Waals surface area (Å²) >= 11 is 1.75. The summed E-state index contributed by atoms with van der Waals surface area (Å²) in [5.74, 6) is -0.0496. The number of hydrogen-bond acceptors (Lipinski definition) is 3. The van der Waals surface area contributed by atoms with Crippen LogP contribution in [0.15, 0.2) is 58.5 Å². The molecule has 1 aliphatic rings. The molecule has 2 heterocycles. The number of aromatic nitrogens is 1. The Labute approximate surface area is 176 Å². The van der Waals surface area contributed by atoms with Crippen molar-refractivity contribution in [3.8, 4) is 0 Å². The maximum atomic E-state index is 11.4. The van der Waals surface area contributed by atoms with Crippen molar-refractivity contribution < 1.29 is 9.36 Å². The van der Waals surface area contributed by atoms with Crippen LogP contribution in [-0.2, 0) is 11.3 Å². The third-order valence-corrected chi connectivity index (χ3v) is 6.27. The Morgan fingerprint density at radius 1 is 1.14 bits per heavy atom. The van der Waals surface area contributed by atoms with Gasteiger partial charge in [0.1, 0.15) is 6.54 Å². The Kier molecular flexibility index (Phi) is 5.33. The van der Waals surface area contributed by atoms with Crippen LogP contribution in [0.5, 0.6) is 0 Å². The Morgan fingerprint density at radius 2 is 1.97 bits per heavy atom. The highest BCUT2D eigenvalue weighted by Crippen LogP contribution is 2.47. The molecular weight excluding hydrogens is 378 g/mol. The largest absolute Gasteiger partial charge is 0.335 e. The lowest BCUT2D eigenvalue weighted by atomic mass is 10.1. The first-order valence-electron chi connectivity index (χ1n) is 10.0. The van der Waals surface area contributed by atoms with E-state index in [2.05, 4.69) is 84.1 Å². The summed E-state index contributed by atoms with van der Waals surface area (Å²) in [6, 6.07) is 17.2. The standard InChI is InChI=1S/C24H25N3OS/c1-5-26-20(10-8-18-13-16(3)7-11-21(18)26)15-24-27(6-2)22-12-9-19(25-17(4)28)14-23(22)29-24/h7-15H,5-6H2,1-4H3/p+1. The quantitative estimate of drug-likeness (QED) is 0.596. The predicted octanol–water partition coefficient (Wildman–Crippen LogP) is 5.34. The number of pyridine rings is 1. The molecule has 29 heavy (non-hydrogen) atoms. The first-order chi connectivity index (χ1) is 14.0. The maximum absolute atomic E-state index is 11.4. The van der Waals surface area contributed by atoms with E-state index in [0.29, 0.717) is 0 Å². The van der Waals surface area contributed by atoms with Crippen LogP contribution in [0.25, 0.3) is 17.0 Å². The van der Waals surface area contributed by atoms with Gasteiger partial charge < -0.3 is 10.2 Å². The van der Waals surface area contributed by atoms with Crippen molar-refractivity contribution in [2.24, 2.45) is 0 Å². The number of anilines is 2. The van der Waals surface area contributed by atoms with Crippen LogP contribution in [0, 0.1) is 6.92 Å². The van der Waals surface area contributed by atoms with Gasteiger partial charge in [0.25, 0.3) is 0 Å². The molecule has 0 saturated heterocycles. The zero-order valence-electron chi connectivity index (χ0n) is 17.3. The molecular formula is C24H26N3OS+. The van der Waals surface area contributed by atoms with Gasteiger partial charge >= 0.3 is 0 Å². The average molecular weight is 405 g/mol. The van der Waals surface area contributed by atoms with Gasteiger partial charge in [-0.1, -0.05) is 23.4 Å². The van der Waals surface area contributed by atoms with E-state index in [0.717, 1.165) is 18.8 Å². The molecule has 1 N–H and O–H groups in total. The second-order valence-corrected chi connectivity index (χ2v) is 8.32. The van der Waals surface area contributed by atoms with Crippen LogP contribution in [0.3, 0.4) is 0 Å². The number of fused-ring (bicyclic) bond motifs is 2. The smallest absolute Gasteiger partial charge is 0.221 e. The van der Waals surface area contributed by atoms with E-state index in [4.69, 9.17) is 0 Å². The second kappa shape index (κ2) is 7.91. The highest BCUT2D eigenvalue weighted by atomic mass is 32.2. The fourth-order valence-corrected chi connectivity index (χ4v) is 5.09. The molecule has 1 aliphatic heterocycles. The number of aryl methyl sites for hydroxylation is 2. The Hall–Kier alpha value is -2.79. The van der Waals surface area contributed by atoms with Crippen molar-refractivity contribution in [3.63, 3.8) is 0 Å². The van der Waals surface area contributed by atoms with Gasteiger partial charge in [0, 0.05) is 47.6 Å². The molecule has 0 fully saturated rings. The van der Waals surface area contributed by atoms with Gasteiger partial charge in [-0.2, -0.15) is 4.57 Å². The molecule has 0 bridgehead atoms. The Bertz CT molecular complexity index is 1140. The number of amides is 1. The van der Waals surface area contributed by atoms with Crippen LogP contribution in [0.4, 0.5) is 11.4 Å². The highest BCUT2D eigenvalue weighted by molar-refractivity contribution is 8.03. The summed E-state index contributed by atoms with van der Waals surface area (Å²) in [5.41, 5.74) is 5.76. The molecule has 0 aliphatic carbocycles. The molecule has 0 radical (unpaired) electrons. The number of hydrogen-bond donors (Lipinski definition) is 1. The lowest BCUT2D eigenvalue weighted by molar-refractivity contribution is -0.669. The van der Waals surface area contributed by atoms with E-state index >= 15 is 0 Å². The molecule has 4 nitrogen and oxygen atoms in total. The summed E-state index contributed by atoms with van der Waals surface area (Å²) in [6.07, 6.45) is 2.27. The average Bonchev–Trinajstić information content (AvgIpc) is 3.03. The number of thioether (sulfide) groups is 1. The van der Waals surface area contributed by atoms with Gasteiger partial charge in [-0.3, -0.25) is 4.79 Å². The summed E-state index contributed by atoms with van der Waals surface area (Å²) < 4.78 is 2.36. The zero-order valence-corrected chi connectivity index (χ0v) is 18.1. The maximum Gasteiger partial charge on any atom is 0.221 e. The summed E-state index contributed by atoms with van der Waals surface area (Å²) in [4.78, 5) is 14.9. The summed E-state index contributed by atoms with van der Waals surface area (Å²) in [6.45, 7) is 9.83. The number of carbonyl (C=O) groups excluding carboxylic acids is 1. The van der Waals surface area contributed by atoms with Gasteiger partial charge in [0.2, 0.25) is 17.1 Å². The number of benzene rings is 2. The van der Waals surface area contributed by atoms with Gasteiger partial charge in [-0.25, -0.2) is 0 Å². The number of nitrogens with one attached hydrogen (secondary N) is 1. The topological polar surface area (TPSA) is 36.2 Å². The third-order valence-electron chi connectivity index (χ3n) is 5.17. The predicted molar refractivity (Wildman–Crippen MR) is 122 cm³/mol. The highest BCUT2D eigenvalue weighted by Gasteiger charge is 2.26. The molecule has 0 atom stereocenters. The van der Waals surface area contributed by atoms with E-state index < -0.39 is 0 Å². The van der Waals surface area contributed by atoms with Crippen molar-refractivity contribution in [2.75, 3.05) is 16.8 Å². The van der Waals surface area contributed by atoms with Crippen molar-refractivity contribution in [2.45, 2.75) is 39.1 Å². The van der Waals surface area contributed by atoms with Crippen LogP contribution >= 0.6 is 11.8 Å². The second-order valence-electron chi connectivity index (χ2n) is 7.26. The monoisotopic (exact) mass is 404 g/mol. The Balaban J connectivity index is 1.76. The summed E-state index contributed by atoms with van der Waals surface area (Å²) in [5, 5.41) is 5.35. The van der Waals surface area contributed by atoms with Crippen LogP contribution in [0.2, 0.25) is 0 Å². The lowest BCUT2D eigenvalue weighted by Crippen LogP contribution is -2.37. The fraction of sp³-hybridized carbons (Fsp3) is 0.250. The SMILES string of the molecule is CCN1/C(=C/c2ccc3cc(C)ccc3[n+]2CC)Sc2cc(NC(C)=O)ccc21. The molecule has 2 aromatic carbocycles. The fourth-order valence-electron chi connectivity index (χ4n) is 3.88. The van der Waals surface area contributed by atoms with Crippen LogP contribution in [0.1, 0.15) is 32.0 Å². The minimum absolute atomic E-state index is 0.0496. The van der Waals surface area contributed by atoms with Gasteiger partial charge in [-0.15, -0.1) is 0 Å². The first kappa shape index (κ1) is 19.5. The van der Waals surface area contributed by atoms with Gasteiger partial charge in [0.15, 0.2) is 0 Å². The molecule has 5 heteroatoms. The molecule has 0 spiro atoms. The van der Waals surface area contributed by atoms with E-state index in [1.807, 2.05) is 6.07 Å². The van der Waals surface area contributed by atoms with Crippen molar-refractivity contribution in [1.82, 2.24) is 0 Å². The van der Waals surface area contributed by atoms with E-state index in [1.165, 1.54) is 44.7 Å². The minimum Gasteiger partial charge on any atom is -0.335 e. The number of rotatable bonds is 4. The van der Waals surface area contributed by atoms with Crippen molar-refractivity contribution in [3.05, 3.63) is 64.8 Å². The van der Waals surface area contributed by atoms with E-state index in [1.54, 1.807) is 11.8 Å². The lowest BCUT2D eigenvalue weighted by Gasteiger charge is -2.18.